The first-order valence-electron chi connectivity index (χ1n) is 7.34. The third-order valence-electron chi connectivity index (χ3n) is 4.06. The van der Waals surface area contributed by atoms with E-state index < -0.39 is 0 Å². The average molecular weight is 287 g/mol. The summed E-state index contributed by atoms with van der Waals surface area (Å²) in [6.45, 7) is 2.79. The number of aromatic nitrogens is 2. The van der Waals surface area contributed by atoms with Crippen LogP contribution in [0.2, 0.25) is 0 Å². The van der Waals surface area contributed by atoms with Gasteiger partial charge in [-0.15, -0.1) is 0 Å². The average Bonchev–Trinajstić information content (AvgIpc) is 3.26. The Hall–Kier alpha value is -1.88. The fourth-order valence-corrected chi connectivity index (χ4v) is 2.44. The summed E-state index contributed by atoms with van der Waals surface area (Å²) >= 11 is 0. The Morgan fingerprint density at radius 3 is 2.86 bits per heavy atom. The van der Waals surface area contributed by atoms with E-state index in [0.717, 1.165) is 17.1 Å². The zero-order valence-electron chi connectivity index (χ0n) is 12.7. The Balaban J connectivity index is 1.69. The maximum atomic E-state index is 5.43. The molecule has 0 saturated heterocycles. The van der Waals surface area contributed by atoms with Gasteiger partial charge < -0.3 is 9.26 Å². The summed E-state index contributed by atoms with van der Waals surface area (Å²) in [5.41, 5.74) is 1.16. The largest absolute Gasteiger partial charge is 0.496 e. The van der Waals surface area contributed by atoms with Crippen LogP contribution in [0.25, 0.3) is 0 Å². The first-order chi connectivity index (χ1) is 10.2. The molecule has 0 radical (unpaired) electrons. The molecule has 1 aromatic heterocycles. The van der Waals surface area contributed by atoms with Crippen molar-refractivity contribution in [2.45, 2.75) is 38.3 Å². The third-order valence-corrected chi connectivity index (χ3v) is 4.06. The van der Waals surface area contributed by atoms with Crippen molar-refractivity contribution >= 4 is 0 Å². The van der Waals surface area contributed by atoms with Crippen LogP contribution in [0.5, 0.6) is 5.75 Å². The molecule has 1 aromatic carbocycles. The predicted molar refractivity (Wildman–Crippen MR) is 79.1 cm³/mol. The lowest BCUT2D eigenvalue weighted by atomic mass is 10.1. The molecule has 5 heteroatoms. The highest BCUT2D eigenvalue weighted by molar-refractivity contribution is 5.35. The van der Waals surface area contributed by atoms with Crippen molar-refractivity contribution in [2.24, 2.45) is 0 Å². The Kier molecular flexibility index (Phi) is 3.92. The fourth-order valence-electron chi connectivity index (χ4n) is 2.44. The number of hydrogen-bond donors (Lipinski definition) is 0. The van der Waals surface area contributed by atoms with Gasteiger partial charge in [0.05, 0.1) is 13.7 Å². The monoisotopic (exact) mass is 287 g/mol. The minimum Gasteiger partial charge on any atom is -0.496 e. The van der Waals surface area contributed by atoms with Crippen LogP contribution in [-0.4, -0.2) is 29.2 Å². The van der Waals surface area contributed by atoms with Gasteiger partial charge in [0.15, 0.2) is 5.82 Å². The molecule has 1 aliphatic rings. The maximum absolute atomic E-state index is 5.43. The van der Waals surface area contributed by atoms with Gasteiger partial charge in [-0.3, -0.25) is 4.90 Å². The molecule has 5 nitrogen and oxygen atoms in total. The van der Waals surface area contributed by atoms with E-state index in [1.54, 1.807) is 7.11 Å². The molecule has 3 rings (SSSR count). The first kappa shape index (κ1) is 14.1. The van der Waals surface area contributed by atoms with E-state index in [4.69, 9.17) is 9.26 Å². The van der Waals surface area contributed by atoms with Crippen molar-refractivity contribution < 1.29 is 9.26 Å². The fraction of sp³-hybridized carbons (Fsp3) is 0.500. The highest BCUT2D eigenvalue weighted by Gasteiger charge is 2.29. The third kappa shape index (κ3) is 3.08. The Morgan fingerprint density at radius 2 is 2.14 bits per heavy atom. The van der Waals surface area contributed by atoms with Crippen LogP contribution in [0.3, 0.4) is 0 Å². The Labute approximate surface area is 124 Å². The summed E-state index contributed by atoms with van der Waals surface area (Å²) in [4.78, 5) is 6.66. The normalized spacial score (nSPS) is 16.2. The van der Waals surface area contributed by atoms with Gasteiger partial charge in [0.25, 0.3) is 0 Å². The van der Waals surface area contributed by atoms with E-state index in [1.807, 2.05) is 18.2 Å². The lowest BCUT2D eigenvalue weighted by molar-refractivity contribution is 0.212. The molecule has 0 aliphatic heterocycles. The van der Waals surface area contributed by atoms with Crippen molar-refractivity contribution in [1.29, 1.82) is 0 Å². The lowest BCUT2D eigenvalue weighted by Gasteiger charge is -2.24. The van der Waals surface area contributed by atoms with Gasteiger partial charge in [-0.05, 0) is 32.9 Å². The molecule has 1 atom stereocenters. The molecule has 0 N–H and O–H groups in total. The summed E-state index contributed by atoms with van der Waals surface area (Å²) in [6.07, 6.45) is 2.37. The zero-order valence-corrected chi connectivity index (χ0v) is 12.7. The smallest absolute Gasteiger partial charge is 0.240 e. The molecule has 0 bridgehead atoms. The predicted octanol–water partition coefficient (Wildman–Crippen LogP) is 3.15. The number of para-hydroxylation sites is 1. The van der Waals surface area contributed by atoms with Gasteiger partial charge in [-0.2, -0.15) is 4.98 Å². The van der Waals surface area contributed by atoms with Crippen LogP contribution in [0.4, 0.5) is 0 Å². The van der Waals surface area contributed by atoms with Crippen LogP contribution >= 0.6 is 0 Å². The highest BCUT2D eigenvalue weighted by Crippen LogP contribution is 2.38. The molecule has 0 spiro atoms. The number of ether oxygens (including phenoxy) is 1. The summed E-state index contributed by atoms with van der Waals surface area (Å²) < 4.78 is 10.8. The van der Waals surface area contributed by atoms with Gasteiger partial charge >= 0.3 is 0 Å². The van der Waals surface area contributed by atoms with Crippen molar-refractivity contribution in [3.63, 3.8) is 0 Å². The second kappa shape index (κ2) is 5.85. The topological polar surface area (TPSA) is 51.4 Å². The summed E-state index contributed by atoms with van der Waals surface area (Å²) in [5.74, 6) is 2.98. The van der Waals surface area contributed by atoms with E-state index in [-0.39, 0.29) is 6.04 Å². The molecule has 0 amide bonds. The van der Waals surface area contributed by atoms with E-state index in [2.05, 4.69) is 35.1 Å². The summed E-state index contributed by atoms with van der Waals surface area (Å²) in [6, 6.07) is 8.29. The first-order valence-corrected chi connectivity index (χ1v) is 7.34. The molecule has 1 fully saturated rings. The van der Waals surface area contributed by atoms with Gasteiger partial charge in [-0.1, -0.05) is 23.4 Å². The molecular weight excluding hydrogens is 266 g/mol. The minimum atomic E-state index is 0.206. The SMILES string of the molecule is COc1ccccc1[C@@H](C)N(C)Cc1nc(C2CC2)no1. The number of nitrogens with zero attached hydrogens (tertiary/aromatic N) is 3. The van der Waals surface area contributed by atoms with Crippen molar-refractivity contribution in [3.8, 4) is 5.75 Å². The molecule has 1 heterocycles. The number of rotatable bonds is 6. The van der Waals surface area contributed by atoms with Gasteiger partial charge in [0, 0.05) is 17.5 Å². The minimum absolute atomic E-state index is 0.206. The van der Waals surface area contributed by atoms with E-state index in [0.29, 0.717) is 18.4 Å². The van der Waals surface area contributed by atoms with Crippen LogP contribution in [0.1, 0.15) is 49.0 Å². The van der Waals surface area contributed by atoms with Crippen molar-refractivity contribution in [3.05, 3.63) is 41.5 Å². The molecule has 1 aliphatic carbocycles. The van der Waals surface area contributed by atoms with Gasteiger partial charge in [0.1, 0.15) is 5.75 Å². The van der Waals surface area contributed by atoms with Crippen molar-refractivity contribution in [1.82, 2.24) is 15.0 Å². The van der Waals surface area contributed by atoms with Gasteiger partial charge in [0.2, 0.25) is 5.89 Å². The number of hydrogen-bond acceptors (Lipinski definition) is 5. The second-order valence-electron chi connectivity index (χ2n) is 5.65. The van der Waals surface area contributed by atoms with Gasteiger partial charge in [-0.25, -0.2) is 0 Å². The lowest BCUT2D eigenvalue weighted by Crippen LogP contribution is -2.22. The van der Waals surface area contributed by atoms with E-state index >= 15 is 0 Å². The number of methoxy groups -OCH3 is 1. The Bertz CT molecular complexity index is 607. The molecule has 112 valence electrons. The van der Waals surface area contributed by atoms with Crippen LogP contribution in [0, 0.1) is 0 Å². The summed E-state index contributed by atoms with van der Waals surface area (Å²) in [7, 11) is 3.75. The van der Waals surface area contributed by atoms with Crippen LogP contribution < -0.4 is 4.74 Å². The molecule has 1 saturated carbocycles. The van der Waals surface area contributed by atoms with Crippen LogP contribution in [-0.2, 0) is 6.54 Å². The van der Waals surface area contributed by atoms with Crippen molar-refractivity contribution in [2.75, 3.05) is 14.2 Å². The number of benzene rings is 1. The zero-order chi connectivity index (χ0) is 14.8. The quantitative estimate of drug-likeness (QED) is 0.817. The second-order valence-corrected chi connectivity index (χ2v) is 5.65. The van der Waals surface area contributed by atoms with Crippen LogP contribution in [0.15, 0.2) is 28.8 Å². The molecule has 2 aromatic rings. The standard InChI is InChI=1S/C16H21N3O2/c1-11(13-6-4-5-7-14(13)20-3)19(2)10-15-17-16(18-21-15)12-8-9-12/h4-7,11-12H,8-10H2,1-3H3/t11-/m1/s1. The maximum Gasteiger partial charge on any atom is 0.240 e. The summed E-state index contributed by atoms with van der Waals surface area (Å²) in [5, 5.41) is 4.06. The van der Waals surface area contributed by atoms with E-state index in [9.17, 15) is 0 Å². The highest BCUT2D eigenvalue weighted by atomic mass is 16.5. The molecule has 21 heavy (non-hydrogen) atoms. The van der Waals surface area contributed by atoms with E-state index in [1.165, 1.54) is 12.8 Å². The molecular formula is C16H21N3O2. The Morgan fingerprint density at radius 1 is 1.38 bits per heavy atom. The molecule has 0 unspecified atom stereocenters.